The summed E-state index contributed by atoms with van der Waals surface area (Å²) in [6.07, 6.45) is 13.3. The molecule has 2 aliphatic rings. The fraction of sp³-hybridized carbons (Fsp3) is 0.323. The Bertz CT molecular complexity index is 1670. The zero-order valence-corrected chi connectivity index (χ0v) is 23.5. The Morgan fingerprint density at radius 3 is 2.51 bits per heavy atom. The van der Waals surface area contributed by atoms with Gasteiger partial charge in [0.1, 0.15) is 11.5 Å². The van der Waals surface area contributed by atoms with Crippen molar-refractivity contribution in [1.82, 2.24) is 0 Å². The lowest BCUT2D eigenvalue weighted by Crippen LogP contribution is -2.20. The van der Waals surface area contributed by atoms with E-state index in [1.165, 1.54) is 12.1 Å². The van der Waals surface area contributed by atoms with Crippen molar-refractivity contribution in [3.8, 4) is 5.75 Å². The molecule has 41 heavy (non-hydrogen) atoms. The fourth-order valence-electron chi connectivity index (χ4n) is 5.51. The molecule has 2 N–H and O–H groups in total. The Kier molecular flexibility index (Phi) is 7.86. The molecule has 1 heterocycles. The first-order valence-corrected chi connectivity index (χ1v) is 15.2. The van der Waals surface area contributed by atoms with Crippen molar-refractivity contribution in [2.24, 2.45) is 11.3 Å². The molecule has 0 spiro atoms. The van der Waals surface area contributed by atoms with Crippen LogP contribution in [0, 0.1) is 21.4 Å². The molecule has 10 heteroatoms. The molecule has 9 nitrogen and oxygen atoms in total. The van der Waals surface area contributed by atoms with Gasteiger partial charge in [0.05, 0.1) is 15.4 Å². The van der Waals surface area contributed by atoms with Gasteiger partial charge in [0.25, 0.3) is 15.7 Å². The van der Waals surface area contributed by atoms with Crippen LogP contribution < -0.4 is 10.3 Å². The molecule has 2 aliphatic carbocycles. The molecule has 214 valence electrons. The number of hydrogen-bond donors (Lipinski definition) is 2. The van der Waals surface area contributed by atoms with Gasteiger partial charge in [-0.2, -0.15) is 0 Å². The molecule has 2 unspecified atom stereocenters. The fourth-order valence-corrected chi connectivity index (χ4v) is 6.56. The van der Waals surface area contributed by atoms with Crippen molar-refractivity contribution < 1.29 is 22.9 Å². The summed E-state index contributed by atoms with van der Waals surface area (Å²) < 4.78 is 34.1. The van der Waals surface area contributed by atoms with Gasteiger partial charge in [-0.3, -0.25) is 14.8 Å². The van der Waals surface area contributed by atoms with Gasteiger partial charge in [0, 0.05) is 36.2 Å². The molecule has 1 aromatic heterocycles. The van der Waals surface area contributed by atoms with Gasteiger partial charge in [-0.25, -0.2) is 13.2 Å². The van der Waals surface area contributed by atoms with Crippen molar-refractivity contribution in [2.45, 2.75) is 56.3 Å². The van der Waals surface area contributed by atoms with Crippen LogP contribution in [0.5, 0.6) is 5.75 Å². The molecule has 2 atom stereocenters. The minimum Gasteiger partial charge on any atom is -0.507 e. The third-order valence-corrected chi connectivity index (χ3v) is 9.47. The Labute approximate surface area is 238 Å². The predicted octanol–water partition coefficient (Wildman–Crippen LogP) is 6.44. The SMILES string of the molecule is CCC1(CCc2cc(O)c(C(c3cccc(NS(=O)(=O)c4ccc([N+](=O)[O-])cc4)c3)C3CC3)c(=O)o2)C=CC=CC1. The summed E-state index contributed by atoms with van der Waals surface area (Å²) in [5.41, 5.74) is 0.328. The molecule has 2 aromatic carbocycles. The number of anilines is 1. The van der Waals surface area contributed by atoms with E-state index < -0.39 is 26.5 Å². The minimum absolute atomic E-state index is 0.000397. The Morgan fingerprint density at radius 2 is 1.90 bits per heavy atom. The van der Waals surface area contributed by atoms with Crippen molar-refractivity contribution in [3.63, 3.8) is 0 Å². The monoisotopic (exact) mass is 576 g/mol. The normalized spacial score (nSPS) is 19.1. The third kappa shape index (κ3) is 6.27. The predicted molar refractivity (Wildman–Crippen MR) is 155 cm³/mol. The van der Waals surface area contributed by atoms with E-state index in [1.807, 2.05) is 12.2 Å². The molecular weight excluding hydrogens is 544 g/mol. The topological polar surface area (TPSA) is 140 Å². The summed E-state index contributed by atoms with van der Waals surface area (Å²) >= 11 is 0. The molecule has 0 saturated heterocycles. The highest BCUT2D eigenvalue weighted by Crippen LogP contribution is 2.48. The highest BCUT2D eigenvalue weighted by Gasteiger charge is 2.38. The molecule has 3 aromatic rings. The first kappa shape index (κ1) is 28.4. The maximum absolute atomic E-state index is 13.3. The summed E-state index contributed by atoms with van der Waals surface area (Å²) in [5, 5.41) is 22.0. The number of non-ortho nitro benzene ring substituents is 1. The number of nitrogens with one attached hydrogen (secondary N) is 1. The number of benzene rings is 2. The van der Waals surface area contributed by atoms with Crippen molar-refractivity contribution in [2.75, 3.05) is 4.72 Å². The number of hydrogen-bond acceptors (Lipinski definition) is 7. The second-order valence-corrected chi connectivity index (χ2v) is 12.5. The maximum atomic E-state index is 13.3. The summed E-state index contributed by atoms with van der Waals surface area (Å²) in [7, 11) is -4.02. The second kappa shape index (κ2) is 11.4. The average molecular weight is 577 g/mol. The number of rotatable bonds is 11. The van der Waals surface area contributed by atoms with Crippen molar-refractivity contribution >= 4 is 21.4 Å². The van der Waals surface area contributed by atoms with E-state index in [4.69, 9.17) is 4.42 Å². The van der Waals surface area contributed by atoms with E-state index in [-0.39, 0.29) is 38.9 Å². The van der Waals surface area contributed by atoms with Crippen LogP contribution in [0.3, 0.4) is 0 Å². The van der Waals surface area contributed by atoms with E-state index in [9.17, 15) is 28.4 Å². The van der Waals surface area contributed by atoms with E-state index in [1.54, 1.807) is 30.3 Å². The number of sulfonamides is 1. The van der Waals surface area contributed by atoms with Gasteiger partial charge in [0.2, 0.25) is 0 Å². The van der Waals surface area contributed by atoms with Gasteiger partial charge >= 0.3 is 5.63 Å². The van der Waals surface area contributed by atoms with E-state index in [2.05, 4.69) is 23.8 Å². The van der Waals surface area contributed by atoms with Crippen LogP contribution in [0.2, 0.25) is 0 Å². The van der Waals surface area contributed by atoms with E-state index >= 15 is 0 Å². The van der Waals surface area contributed by atoms with Crippen LogP contribution in [0.1, 0.15) is 61.8 Å². The Balaban J connectivity index is 1.39. The highest BCUT2D eigenvalue weighted by molar-refractivity contribution is 7.92. The quantitative estimate of drug-likeness (QED) is 0.198. The lowest BCUT2D eigenvalue weighted by Gasteiger charge is -2.30. The Hall–Kier alpha value is -4.18. The van der Waals surface area contributed by atoms with Gasteiger partial charge in [-0.1, -0.05) is 43.4 Å². The molecule has 5 rings (SSSR count). The summed E-state index contributed by atoms with van der Waals surface area (Å²) in [5.74, 6) is -0.0305. The lowest BCUT2D eigenvalue weighted by atomic mass is 9.75. The summed E-state index contributed by atoms with van der Waals surface area (Å²) in [6.45, 7) is 2.14. The molecule has 1 fully saturated rings. The van der Waals surface area contributed by atoms with Crippen LogP contribution in [0.4, 0.5) is 11.4 Å². The molecule has 1 saturated carbocycles. The van der Waals surface area contributed by atoms with Crippen molar-refractivity contribution in [3.05, 3.63) is 116 Å². The lowest BCUT2D eigenvalue weighted by molar-refractivity contribution is -0.384. The zero-order valence-electron chi connectivity index (χ0n) is 22.7. The minimum atomic E-state index is -4.02. The van der Waals surface area contributed by atoms with Crippen LogP contribution in [-0.4, -0.2) is 18.4 Å². The Morgan fingerprint density at radius 1 is 1.15 bits per heavy atom. The van der Waals surface area contributed by atoms with Gasteiger partial charge in [0.15, 0.2) is 0 Å². The first-order chi connectivity index (χ1) is 19.6. The number of nitro groups is 1. The number of aromatic hydroxyl groups is 1. The molecule has 0 aliphatic heterocycles. The van der Waals surface area contributed by atoms with Crippen LogP contribution in [0.15, 0.2) is 93.0 Å². The molecular formula is C31H32N2O7S. The van der Waals surface area contributed by atoms with Crippen LogP contribution in [-0.2, 0) is 16.4 Å². The summed E-state index contributed by atoms with van der Waals surface area (Å²) in [4.78, 5) is 23.5. The van der Waals surface area contributed by atoms with Gasteiger partial charge in [-0.05, 0) is 73.3 Å². The molecule has 0 amide bonds. The zero-order chi connectivity index (χ0) is 29.2. The average Bonchev–Trinajstić information content (AvgIpc) is 3.79. The summed E-state index contributed by atoms with van der Waals surface area (Å²) in [6, 6.07) is 12.9. The smallest absolute Gasteiger partial charge is 0.343 e. The van der Waals surface area contributed by atoms with Crippen LogP contribution in [0.25, 0.3) is 0 Å². The number of allylic oxidation sites excluding steroid dienone is 4. The van der Waals surface area contributed by atoms with E-state index in [0.717, 1.165) is 44.2 Å². The first-order valence-electron chi connectivity index (χ1n) is 13.7. The largest absolute Gasteiger partial charge is 0.507 e. The molecule has 0 bridgehead atoms. The second-order valence-electron chi connectivity index (χ2n) is 10.8. The number of aryl methyl sites for hydroxylation is 1. The maximum Gasteiger partial charge on any atom is 0.343 e. The third-order valence-electron chi connectivity index (χ3n) is 8.07. The van der Waals surface area contributed by atoms with Crippen LogP contribution >= 0.6 is 0 Å². The number of nitrogens with zero attached hydrogens (tertiary/aromatic N) is 1. The van der Waals surface area contributed by atoms with Gasteiger partial charge in [-0.15, -0.1) is 0 Å². The standard InChI is InChI=1S/C31H32N2O7S/c1-2-31(16-4-3-5-17-31)18-15-25-20-27(34)29(30(35)40-25)28(21-9-10-21)22-7-6-8-23(19-22)32-41(38,39)26-13-11-24(12-14-26)33(36)37/h3-8,11-14,16,19-21,28,32,34H,2,9-10,15,17-18H2,1H3. The highest BCUT2D eigenvalue weighted by atomic mass is 32.2. The van der Waals surface area contributed by atoms with Crippen molar-refractivity contribution in [1.29, 1.82) is 0 Å². The number of nitro benzene ring substituents is 1. The van der Waals surface area contributed by atoms with Gasteiger partial charge < -0.3 is 9.52 Å². The molecule has 0 radical (unpaired) electrons. The van der Waals surface area contributed by atoms with E-state index in [0.29, 0.717) is 17.7 Å².